The Morgan fingerprint density at radius 2 is 1.90 bits per heavy atom. The maximum Gasteiger partial charge on any atom is 0.401 e. The molecule has 126 valence electrons. The number of nitrogens with one attached hydrogen (secondary N) is 1. The Kier molecular flexibility index (Phi) is 6.94. The van der Waals surface area contributed by atoms with Crippen LogP contribution < -0.4 is 5.32 Å². The highest BCUT2D eigenvalue weighted by atomic mass is 19.4. The van der Waals surface area contributed by atoms with Gasteiger partial charge in [0.1, 0.15) is 0 Å². The van der Waals surface area contributed by atoms with E-state index in [0.29, 0.717) is 32.2 Å². The van der Waals surface area contributed by atoms with Crippen molar-refractivity contribution < 1.29 is 17.9 Å². The highest BCUT2D eigenvalue weighted by Gasteiger charge is 2.40. The monoisotopic (exact) mass is 310 g/mol. The van der Waals surface area contributed by atoms with Crippen molar-refractivity contribution in [1.82, 2.24) is 10.2 Å². The maximum absolute atomic E-state index is 12.7. The second-order valence-corrected chi connectivity index (χ2v) is 6.94. The van der Waals surface area contributed by atoms with E-state index in [1.54, 1.807) is 0 Å². The summed E-state index contributed by atoms with van der Waals surface area (Å²) in [6.45, 7) is 10.2. The van der Waals surface area contributed by atoms with Gasteiger partial charge in [-0.2, -0.15) is 13.2 Å². The number of alkyl halides is 3. The van der Waals surface area contributed by atoms with Gasteiger partial charge in [-0.25, -0.2) is 0 Å². The summed E-state index contributed by atoms with van der Waals surface area (Å²) in [5.74, 6) is 0.528. The van der Waals surface area contributed by atoms with Crippen molar-refractivity contribution in [2.75, 3.05) is 39.4 Å². The lowest BCUT2D eigenvalue weighted by molar-refractivity contribution is -0.153. The van der Waals surface area contributed by atoms with Crippen LogP contribution in [0.2, 0.25) is 0 Å². The molecule has 0 saturated carbocycles. The molecule has 6 heteroatoms. The highest BCUT2D eigenvalue weighted by molar-refractivity contribution is 4.90. The van der Waals surface area contributed by atoms with E-state index in [4.69, 9.17) is 4.74 Å². The smallest absolute Gasteiger partial charge is 0.381 e. The van der Waals surface area contributed by atoms with Gasteiger partial charge < -0.3 is 10.1 Å². The predicted molar refractivity (Wildman–Crippen MR) is 78.3 cm³/mol. The van der Waals surface area contributed by atoms with E-state index in [-0.39, 0.29) is 11.5 Å². The molecule has 0 aromatic heterocycles. The zero-order valence-corrected chi connectivity index (χ0v) is 13.6. The third-order valence-corrected chi connectivity index (χ3v) is 3.89. The molecule has 1 rings (SSSR count). The van der Waals surface area contributed by atoms with Gasteiger partial charge in [-0.15, -0.1) is 0 Å². The first-order chi connectivity index (χ1) is 9.64. The van der Waals surface area contributed by atoms with Crippen LogP contribution in [-0.4, -0.2) is 56.5 Å². The number of halogens is 3. The Balaban J connectivity index is 2.65. The lowest BCUT2D eigenvalue weighted by Gasteiger charge is -2.37. The van der Waals surface area contributed by atoms with Gasteiger partial charge in [0, 0.05) is 31.2 Å². The second kappa shape index (κ2) is 7.79. The van der Waals surface area contributed by atoms with Crippen LogP contribution in [0.25, 0.3) is 0 Å². The van der Waals surface area contributed by atoms with Crippen LogP contribution in [0.1, 0.15) is 34.1 Å². The van der Waals surface area contributed by atoms with E-state index in [1.165, 1.54) is 4.90 Å². The van der Waals surface area contributed by atoms with Gasteiger partial charge in [-0.3, -0.25) is 4.90 Å². The van der Waals surface area contributed by atoms with Gasteiger partial charge in [0.15, 0.2) is 0 Å². The van der Waals surface area contributed by atoms with Crippen LogP contribution >= 0.6 is 0 Å². The normalized spacial score (nSPS) is 23.7. The van der Waals surface area contributed by atoms with Crippen LogP contribution in [0.15, 0.2) is 0 Å². The Morgan fingerprint density at radius 3 is 2.33 bits per heavy atom. The SMILES string of the molecule is CC(C)CNCC1(CN(CC(F)(F)F)C(C)C)CCOC1. The highest BCUT2D eigenvalue weighted by Crippen LogP contribution is 2.31. The standard InChI is InChI=1S/C15H29F3N2O/c1-12(2)7-19-8-14(5-6-21-11-14)9-20(13(3)4)10-15(16,17)18/h12-13,19H,5-11H2,1-4H3. The van der Waals surface area contributed by atoms with Crippen LogP contribution in [0.4, 0.5) is 13.2 Å². The minimum Gasteiger partial charge on any atom is -0.381 e. The molecule has 0 aliphatic carbocycles. The zero-order chi connectivity index (χ0) is 16.1. The number of ether oxygens (including phenoxy) is 1. The van der Waals surface area contributed by atoms with Crippen LogP contribution in [-0.2, 0) is 4.74 Å². The average Bonchev–Trinajstić information content (AvgIpc) is 2.74. The largest absolute Gasteiger partial charge is 0.401 e. The molecule has 0 amide bonds. The fourth-order valence-corrected chi connectivity index (χ4v) is 2.68. The molecular formula is C15H29F3N2O. The fourth-order valence-electron chi connectivity index (χ4n) is 2.68. The number of hydrogen-bond donors (Lipinski definition) is 1. The summed E-state index contributed by atoms with van der Waals surface area (Å²) >= 11 is 0. The summed E-state index contributed by atoms with van der Waals surface area (Å²) in [4.78, 5) is 1.52. The van der Waals surface area contributed by atoms with E-state index < -0.39 is 12.7 Å². The molecule has 1 fully saturated rings. The Labute approximate surface area is 126 Å². The molecule has 0 bridgehead atoms. The molecule has 1 N–H and O–H groups in total. The summed E-state index contributed by atoms with van der Waals surface area (Å²) < 4.78 is 43.7. The summed E-state index contributed by atoms with van der Waals surface area (Å²) in [5.41, 5.74) is -0.204. The predicted octanol–water partition coefficient (Wildman–Crippen LogP) is 2.91. The van der Waals surface area contributed by atoms with E-state index in [2.05, 4.69) is 19.2 Å². The zero-order valence-electron chi connectivity index (χ0n) is 13.6. The summed E-state index contributed by atoms with van der Waals surface area (Å²) in [6, 6.07) is -0.130. The van der Waals surface area contributed by atoms with Gasteiger partial charge in [0.05, 0.1) is 13.2 Å². The lowest BCUT2D eigenvalue weighted by atomic mass is 9.86. The molecular weight excluding hydrogens is 281 g/mol. The lowest BCUT2D eigenvalue weighted by Crippen LogP contribution is -2.50. The molecule has 1 aliphatic rings. The number of hydrogen-bond acceptors (Lipinski definition) is 3. The first-order valence-electron chi connectivity index (χ1n) is 7.73. The third-order valence-electron chi connectivity index (χ3n) is 3.89. The number of nitrogens with zero attached hydrogens (tertiary/aromatic N) is 1. The molecule has 0 spiro atoms. The van der Waals surface area contributed by atoms with Crippen molar-refractivity contribution in [1.29, 1.82) is 0 Å². The number of rotatable bonds is 8. The van der Waals surface area contributed by atoms with Crippen LogP contribution in [0, 0.1) is 11.3 Å². The van der Waals surface area contributed by atoms with E-state index in [9.17, 15) is 13.2 Å². The molecule has 1 heterocycles. The van der Waals surface area contributed by atoms with Crippen molar-refractivity contribution in [3.05, 3.63) is 0 Å². The molecule has 3 nitrogen and oxygen atoms in total. The summed E-state index contributed by atoms with van der Waals surface area (Å²) in [5, 5.41) is 3.39. The minimum absolute atomic E-state index is 0.130. The van der Waals surface area contributed by atoms with Gasteiger partial charge in [0.25, 0.3) is 0 Å². The third kappa shape index (κ3) is 6.98. The van der Waals surface area contributed by atoms with Gasteiger partial charge in [-0.1, -0.05) is 13.8 Å². The fraction of sp³-hybridized carbons (Fsp3) is 1.00. The quantitative estimate of drug-likeness (QED) is 0.746. The van der Waals surface area contributed by atoms with Gasteiger partial charge in [-0.05, 0) is 32.7 Å². The molecule has 1 saturated heterocycles. The van der Waals surface area contributed by atoms with E-state index in [0.717, 1.165) is 13.0 Å². The van der Waals surface area contributed by atoms with Crippen molar-refractivity contribution >= 4 is 0 Å². The second-order valence-electron chi connectivity index (χ2n) is 6.94. The van der Waals surface area contributed by atoms with Crippen LogP contribution in [0.5, 0.6) is 0 Å². The first-order valence-corrected chi connectivity index (χ1v) is 7.73. The Morgan fingerprint density at radius 1 is 1.24 bits per heavy atom. The summed E-state index contributed by atoms with van der Waals surface area (Å²) in [7, 11) is 0. The molecule has 1 atom stereocenters. The van der Waals surface area contributed by atoms with E-state index >= 15 is 0 Å². The molecule has 0 aromatic rings. The van der Waals surface area contributed by atoms with Crippen molar-refractivity contribution in [2.45, 2.75) is 46.3 Å². The Bertz CT molecular complexity index is 300. The first kappa shape index (κ1) is 18.7. The summed E-state index contributed by atoms with van der Waals surface area (Å²) in [6.07, 6.45) is -3.34. The molecule has 1 unspecified atom stereocenters. The topological polar surface area (TPSA) is 24.5 Å². The van der Waals surface area contributed by atoms with Crippen molar-refractivity contribution in [3.63, 3.8) is 0 Å². The van der Waals surface area contributed by atoms with E-state index in [1.807, 2.05) is 13.8 Å². The molecule has 0 aromatic carbocycles. The molecule has 21 heavy (non-hydrogen) atoms. The molecule has 1 aliphatic heterocycles. The minimum atomic E-state index is -4.16. The maximum atomic E-state index is 12.7. The molecule has 0 radical (unpaired) electrons. The van der Waals surface area contributed by atoms with Crippen molar-refractivity contribution in [3.8, 4) is 0 Å². The van der Waals surface area contributed by atoms with Gasteiger partial charge in [0.2, 0.25) is 0 Å². The van der Waals surface area contributed by atoms with Crippen LogP contribution in [0.3, 0.4) is 0 Å². The Hall–Kier alpha value is -0.330. The van der Waals surface area contributed by atoms with Crippen molar-refractivity contribution in [2.24, 2.45) is 11.3 Å². The van der Waals surface area contributed by atoms with Gasteiger partial charge >= 0.3 is 6.18 Å². The average molecular weight is 310 g/mol.